The van der Waals surface area contributed by atoms with E-state index in [0.717, 1.165) is 10.6 Å². The molecular formula is C17H18N2O4S. The van der Waals surface area contributed by atoms with Gasteiger partial charge in [0.15, 0.2) is 0 Å². The lowest BCUT2D eigenvalue weighted by Crippen LogP contribution is -2.36. The van der Waals surface area contributed by atoms with Gasteiger partial charge in [-0.1, -0.05) is 30.3 Å². The molecule has 1 fully saturated rings. The van der Waals surface area contributed by atoms with Crippen molar-refractivity contribution in [2.24, 2.45) is 0 Å². The molecule has 1 N–H and O–H groups in total. The van der Waals surface area contributed by atoms with Gasteiger partial charge in [-0.05, 0) is 6.42 Å². The topological polar surface area (TPSA) is 79.7 Å². The van der Waals surface area contributed by atoms with Crippen molar-refractivity contribution in [3.63, 3.8) is 0 Å². The Hall–Kier alpha value is -2.25. The Morgan fingerprint density at radius 2 is 2.12 bits per heavy atom. The number of amides is 1. The third kappa shape index (κ3) is 3.47. The van der Waals surface area contributed by atoms with Crippen molar-refractivity contribution in [1.29, 1.82) is 0 Å². The first kappa shape index (κ1) is 16.6. The fourth-order valence-corrected chi connectivity index (χ4v) is 3.79. The maximum Gasteiger partial charge on any atom is 0.305 e. The second-order valence-electron chi connectivity index (χ2n) is 5.70. The Labute approximate surface area is 143 Å². The Balaban J connectivity index is 1.80. The number of carbonyl (C=O) groups is 2. The molecule has 7 heteroatoms. The van der Waals surface area contributed by atoms with E-state index in [2.05, 4.69) is 4.98 Å². The minimum Gasteiger partial charge on any atom is -0.481 e. The van der Waals surface area contributed by atoms with Crippen LogP contribution in [0.1, 0.15) is 22.5 Å². The summed E-state index contributed by atoms with van der Waals surface area (Å²) in [5.41, 5.74) is 0.958. The molecule has 0 radical (unpaired) electrons. The lowest BCUT2D eigenvalue weighted by Gasteiger charge is -2.22. The molecule has 2 unspecified atom stereocenters. The highest BCUT2D eigenvalue weighted by Gasteiger charge is 2.37. The van der Waals surface area contributed by atoms with E-state index in [1.807, 2.05) is 30.3 Å². The molecule has 1 aliphatic heterocycles. The Morgan fingerprint density at radius 1 is 1.38 bits per heavy atom. The second-order valence-corrected chi connectivity index (χ2v) is 6.73. The van der Waals surface area contributed by atoms with Crippen LogP contribution in [0.15, 0.2) is 36.5 Å². The molecule has 2 atom stereocenters. The number of aromatic nitrogens is 1. The Bertz CT molecular complexity index is 731. The van der Waals surface area contributed by atoms with E-state index < -0.39 is 5.97 Å². The van der Waals surface area contributed by atoms with Gasteiger partial charge in [-0.15, -0.1) is 11.3 Å². The van der Waals surface area contributed by atoms with Gasteiger partial charge in [0, 0.05) is 25.3 Å². The number of carbonyl (C=O) groups excluding carboxylic acids is 1. The predicted molar refractivity (Wildman–Crippen MR) is 90.0 cm³/mol. The van der Waals surface area contributed by atoms with E-state index in [1.54, 1.807) is 18.2 Å². The Morgan fingerprint density at radius 3 is 2.79 bits per heavy atom. The van der Waals surface area contributed by atoms with Crippen LogP contribution in [0.3, 0.4) is 0 Å². The molecule has 3 rings (SSSR count). The first-order chi connectivity index (χ1) is 11.6. The number of carboxylic acids is 1. The third-order valence-corrected chi connectivity index (χ3v) is 5.15. The summed E-state index contributed by atoms with van der Waals surface area (Å²) < 4.78 is 5.31. The number of hydrogen-bond donors (Lipinski definition) is 1. The quantitative estimate of drug-likeness (QED) is 0.900. The van der Waals surface area contributed by atoms with Crippen molar-refractivity contribution in [1.82, 2.24) is 9.88 Å². The van der Waals surface area contributed by atoms with Gasteiger partial charge < -0.3 is 14.7 Å². The van der Waals surface area contributed by atoms with Gasteiger partial charge in [0.25, 0.3) is 5.91 Å². The van der Waals surface area contributed by atoms with E-state index in [0.29, 0.717) is 17.8 Å². The van der Waals surface area contributed by atoms with Gasteiger partial charge >= 0.3 is 5.97 Å². The largest absolute Gasteiger partial charge is 0.481 e. The summed E-state index contributed by atoms with van der Waals surface area (Å²) in [6.07, 6.45) is 1.90. The van der Waals surface area contributed by atoms with E-state index in [9.17, 15) is 9.59 Å². The summed E-state index contributed by atoms with van der Waals surface area (Å²) in [6.45, 7) is 0.409. The molecule has 24 heavy (non-hydrogen) atoms. The van der Waals surface area contributed by atoms with Crippen LogP contribution in [0.25, 0.3) is 10.6 Å². The van der Waals surface area contributed by atoms with E-state index >= 15 is 0 Å². The van der Waals surface area contributed by atoms with Crippen molar-refractivity contribution in [2.45, 2.75) is 25.0 Å². The van der Waals surface area contributed by atoms with Crippen molar-refractivity contribution in [3.05, 3.63) is 41.4 Å². The molecule has 0 bridgehead atoms. The number of ether oxygens (including phenoxy) is 1. The van der Waals surface area contributed by atoms with Crippen LogP contribution in [0.5, 0.6) is 0 Å². The Kier molecular flexibility index (Phi) is 4.92. The van der Waals surface area contributed by atoms with Gasteiger partial charge in [-0.2, -0.15) is 0 Å². The van der Waals surface area contributed by atoms with Crippen LogP contribution >= 0.6 is 11.3 Å². The number of benzene rings is 1. The lowest BCUT2D eigenvalue weighted by molar-refractivity contribution is -0.137. The number of carboxylic acid groups (broad SMARTS) is 1. The number of rotatable bonds is 5. The van der Waals surface area contributed by atoms with Gasteiger partial charge in [0.1, 0.15) is 9.88 Å². The molecule has 1 saturated heterocycles. The fourth-order valence-electron chi connectivity index (χ4n) is 2.92. The van der Waals surface area contributed by atoms with Crippen molar-refractivity contribution >= 4 is 23.2 Å². The minimum atomic E-state index is -0.913. The van der Waals surface area contributed by atoms with Crippen LogP contribution < -0.4 is 0 Å². The first-order valence-corrected chi connectivity index (χ1v) is 8.47. The number of nitrogens with zero attached hydrogens (tertiary/aromatic N) is 2. The summed E-state index contributed by atoms with van der Waals surface area (Å²) in [7, 11) is 1.58. The van der Waals surface area contributed by atoms with Crippen LogP contribution in [0, 0.1) is 0 Å². The molecule has 126 valence electrons. The van der Waals surface area contributed by atoms with Crippen LogP contribution in [-0.2, 0) is 9.53 Å². The predicted octanol–water partition coefficient (Wildman–Crippen LogP) is 2.51. The maximum absolute atomic E-state index is 12.8. The highest BCUT2D eigenvalue weighted by molar-refractivity contribution is 7.16. The summed E-state index contributed by atoms with van der Waals surface area (Å²) in [4.78, 5) is 30.3. The third-order valence-electron chi connectivity index (χ3n) is 4.12. The van der Waals surface area contributed by atoms with Gasteiger partial charge in [0.2, 0.25) is 0 Å². The lowest BCUT2D eigenvalue weighted by atomic mass is 10.1. The molecule has 6 nitrogen and oxygen atoms in total. The number of hydrogen-bond acceptors (Lipinski definition) is 5. The average molecular weight is 346 g/mol. The second kappa shape index (κ2) is 7.11. The summed E-state index contributed by atoms with van der Waals surface area (Å²) in [5.74, 6) is -1.09. The van der Waals surface area contributed by atoms with Crippen molar-refractivity contribution < 1.29 is 19.4 Å². The molecule has 2 heterocycles. The zero-order valence-electron chi connectivity index (χ0n) is 13.2. The van der Waals surface area contributed by atoms with E-state index in [-0.39, 0.29) is 24.5 Å². The minimum absolute atomic E-state index is 0.0735. The molecule has 1 aromatic carbocycles. The van der Waals surface area contributed by atoms with Crippen LogP contribution in [0.2, 0.25) is 0 Å². The van der Waals surface area contributed by atoms with E-state index in [4.69, 9.17) is 9.84 Å². The smallest absolute Gasteiger partial charge is 0.305 e. The monoisotopic (exact) mass is 346 g/mol. The maximum atomic E-state index is 12.8. The number of methoxy groups -OCH3 is 1. The number of aliphatic carboxylic acids is 1. The average Bonchev–Trinajstić information content (AvgIpc) is 3.21. The molecule has 1 amide bonds. The molecule has 1 aromatic heterocycles. The van der Waals surface area contributed by atoms with Crippen LogP contribution in [-0.4, -0.2) is 52.7 Å². The molecule has 2 aromatic rings. The highest BCUT2D eigenvalue weighted by atomic mass is 32.1. The normalized spacial score (nSPS) is 20.3. The van der Waals surface area contributed by atoms with Crippen molar-refractivity contribution in [2.75, 3.05) is 13.7 Å². The summed E-state index contributed by atoms with van der Waals surface area (Å²) >= 11 is 1.32. The SMILES string of the molecule is COC1CC(CC(=O)O)N(C(=O)c2cnc(-c3ccccc3)s2)C1. The molecule has 0 aliphatic carbocycles. The zero-order chi connectivity index (χ0) is 17.1. The first-order valence-electron chi connectivity index (χ1n) is 7.65. The zero-order valence-corrected chi connectivity index (χ0v) is 14.0. The highest BCUT2D eigenvalue weighted by Crippen LogP contribution is 2.29. The fraction of sp³-hybridized carbons (Fsp3) is 0.353. The van der Waals surface area contributed by atoms with Crippen LogP contribution in [0.4, 0.5) is 0 Å². The summed E-state index contributed by atoms with van der Waals surface area (Å²) in [5, 5.41) is 9.84. The molecule has 1 aliphatic rings. The van der Waals surface area contributed by atoms with Gasteiger partial charge in [0.05, 0.1) is 18.7 Å². The van der Waals surface area contributed by atoms with Gasteiger partial charge in [-0.25, -0.2) is 4.98 Å². The summed E-state index contributed by atoms with van der Waals surface area (Å²) in [6, 6.07) is 9.31. The van der Waals surface area contributed by atoms with Crippen molar-refractivity contribution in [3.8, 4) is 10.6 Å². The molecular weight excluding hydrogens is 328 g/mol. The molecule has 0 saturated carbocycles. The molecule has 0 spiro atoms. The standard InChI is InChI=1S/C17H18N2O4S/c1-23-13-7-12(8-15(20)21)19(10-13)17(22)14-9-18-16(24-14)11-5-3-2-4-6-11/h2-6,9,12-13H,7-8,10H2,1H3,(H,20,21). The van der Waals surface area contributed by atoms with Gasteiger partial charge in [-0.3, -0.25) is 9.59 Å². The number of thiazole rings is 1. The number of likely N-dealkylation sites (tertiary alicyclic amines) is 1. The van der Waals surface area contributed by atoms with E-state index in [1.165, 1.54) is 11.3 Å².